The molecular weight excluding hydrogens is 519 g/mol. The fraction of sp³-hybridized carbons (Fsp3) is 0.233. The van der Waals surface area contributed by atoms with Crippen LogP contribution in [0.2, 0.25) is 5.02 Å². The second-order valence-electron chi connectivity index (χ2n) is 10.1. The highest BCUT2D eigenvalue weighted by molar-refractivity contribution is 7.18. The van der Waals surface area contributed by atoms with Crippen LogP contribution in [0.3, 0.4) is 0 Å². The van der Waals surface area contributed by atoms with E-state index in [1.165, 1.54) is 23.5 Å². The SMILES string of the molecule is Cc1cccc(-c2nc(C(=O)N3CCC[C@@]3(C)c3nc4c(C)c(Cl)ccc4[nH]3)c(-c3ccc(F)cc3)s2)c1. The number of aromatic amines is 1. The normalized spacial score (nSPS) is 17.4. The molecule has 0 bridgehead atoms. The molecule has 1 N–H and O–H groups in total. The van der Waals surface area contributed by atoms with Crippen LogP contribution in [-0.4, -0.2) is 32.3 Å². The van der Waals surface area contributed by atoms with E-state index >= 15 is 0 Å². The second-order valence-corrected chi connectivity index (χ2v) is 11.5. The number of benzene rings is 3. The van der Waals surface area contributed by atoms with Crippen LogP contribution in [0.4, 0.5) is 4.39 Å². The average molecular weight is 545 g/mol. The molecule has 3 heterocycles. The van der Waals surface area contributed by atoms with Crippen molar-refractivity contribution in [2.75, 3.05) is 6.54 Å². The molecular formula is C30H26ClFN4OS. The summed E-state index contributed by atoms with van der Waals surface area (Å²) >= 11 is 7.80. The molecule has 3 aromatic carbocycles. The molecule has 1 fully saturated rings. The molecule has 0 unspecified atom stereocenters. The number of imidazole rings is 1. The Morgan fingerprint density at radius 3 is 2.63 bits per heavy atom. The molecule has 0 spiro atoms. The van der Waals surface area contributed by atoms with Gasteiger partial charge in [0, 0.05) is 17.1 Å². The van der Waals surface area contributed by atoms with Crippen molar-refractivity contribution in [1.29, 1.82) is 0 Å². The topological polar surface area (TPSA) is 61.9 Å². The van der Waals surface area contributed by atoms with E-state index in [-0.39, 0.29) is 11.7 Å². The number of nitrogens with one attached hydrogen (secondary N) is 1. The van der Waals surface area contributed by atoms with Crippen LogP contribution in [0.25, 0.3) is 32.0 Å². The van der Waals surface area contributed by atoms with Crippen LogP contribution < -0.4 is 0 Å². The molecule has 1 aliphatic heterocycles. The number of rotatable bonds is 4. The van der Waals surface area contributed by atoms with Crippen LogP contribution in [0.1, 0.15) is 47.2 Å². The molecule has 38 heavy (non-hydrogen) atoms. The number of thiazole rings is 1. The van der Waals surface area contributed by atoms with Crippen LogP contribution >= 0.6 is 22.9 Å². The summed E-state index contributed by atoms with van der Waals surface area (Å²) in [6.45, 7) is 6.62. The first-order valence-electron chi connectivity index (χ1n) is 12.6. The van der Waals surface area contributed by atoms with Crippen molar-refractivity contribution >= 4 is 39.9 Å². The Bertz CT molecular complexity index is 1690. The van der Waals surface area contributed by atoms with Crippen molar-refractivity contribution in [3.8, 4) is 21.0 Å². The molecule has 5 nitrogen and oxygen atoms in total. The fourth-order valence-corrected chi connectivity index (χ4v) is 6.48. The minimum Gasteiger partial charge on any atom is -0.340 e. The first-order valence-corrected chi connectivity index (χ1v) is 13.7. The van der Waals surface area contributed by atoms with Gasteiger partial charge in [0.15, 0.2) is 0 Å². The average Bonchev–Trinajstić information content (AvgIpc) is 3.64. The Labute approximate surface area is 229 Å². The number of likely N-dealkylation sites (tertiary alicyclic amines) is 1. The summed E-state index contributed by atoms with van der Waals surface area (Å²) in [6.07, 6.45) is 1.62. The molecule has 6 rings (SSSR count). The van der Waals surface area contributed by atoms with Crippen molar-refractivity contribution in [1.82, 2.24) is 19.9 Å². The van der Waals surface area contributed by atoms with Gasteiger partial charge in [0.2, 0.25) is 0 Å². The molecule has 192 valence electrons. The number of carbonyl (C=O) groups is 1. The van der Waals surface area contributed by atoms with Gasteiger partial charge in [-0.1, -0.05) is 47.5 Å². The lowest BCUT2D eigenvalue weighted by molar-refractivity contribution is 0.0601. The van der Waals surface area contributed by atoms with Gasteiger partial charge in [-0.25, -0.2) is 14.4 Å². The van der Waals surface area contributed by atoms with E-state index < -0.39 is 5.54 Å². The van der Waals surface area contributed by atoms with Crippen LogP contribution in [0.15, 0.2) is 60.7 Å². The number of nitrogens with zero attached hydrogens (tertiary/aromatic N) is 3. The molecule has 5 aromatic rings. The number of fused-ring (bicyclic) bond motifs is 1. The van der Waals surface area contributed by atoms with Gasteiger partial charge < -0.3 is 9.88 Å². The van der Waals surface area contributed by atoms with Gasteiger partial charge in [-0.3, -0.25) is 4.79 Å². The highest BCUT2D eigenvalue weighted by Gasteiger charge is 2.45. The number of hydrogen-bond donors (Lipinski definition) is 1. The third-order valence-corrected chi connectivity index (χ3v) is 9.00. The van der Waals surface area contributed by atoms with E-state index in [9.17, 15) is 9.18 Å². The Balaban J connectivity index is 1.45. The molecule has 1 aliphatic rings. The maximum atomic E-state index is 14.3. The molecule has 8 heteroatoms. The Morgan fingerprint density at radius 2 is 1.87 bits per heavy atom. The van der Waals surface area contributed by atoms with Crippen molar-refractivity contribution in [3.05, 3.63) is 94.1 Å². The Morgan fingerprint density at radius 1 is 1.08 bits per heavy atom. The molecule has 1 saturated heterocycles. The lowest BCUT2D eigenvalue weighted by atomic mass is 9.97. The molecule has 0 radical (unpaired) electrons. The zero-order chi connectivity index (χ0) is 26.6. The van der Waals surface area contributed by atoms with Gasteiger partial charge in [-0.2, -0.15) is 0 Å². The smallest absolute Gasteiger partial charge is 0.274 e. The number of hydrogen-bond acceptors (Lipinski definition) is 4. The van der Waals surface area contributed by atoms with Crippen molar-refractivity contribution in [2.45, 2.75) is 39.2 Å². The number of amides is 1. The van der Waals surface area contributed by atoms with E-state index in [1.54, 1.807) is 12.1 Å². The van der Waals surface area contributed by atoms with Gasteiger partial charge in [0.25, 0.3) is 5.91 Å². The van der Waals surface area contributed by atoms with Crippen molar-refractivity contribution in [2.24, 2.45) is 0 Å². The third-order valence-electron chi connectivity index (χ3n) is 7.44. The van der Waals surface area contributed by atoms with Gasteiger partial charge in [0.05, 0.1) is 21.4 Å². The predicted octanol–water partition coefficient (Wildman–Crippen LogP) is 7.91. The van der Waals surface area contributed by atoms with Crippen LogP contribution in [0, 0.1) is 19.7 Å². The summed E-state index contributed by atoms with van der Waals surface area (Å²) in [6, 6.07) is 18.1. The predicted molar refractivity (Wildman–Crippen MR) is 151 cm³/mol. The third kappa shape index (κ3) is 4.10. The first kappa shape index (κ1) is 24.8. The number of halogens is 2. The number of carbonyl (C=O) groups excluding carboxylic acids is 1. The monoisotopic (exact) mass is 544 g/mol. The summed E-state index contributed by atoms with van der Waals surface area (Å²) in [5, 5.41) is 1.42. The summed E-state index contributed by atoms with van der Waals surface area (Å²) < 4.78 is 13.7. The minimum atomic E-state index is -0.637. The van der Waals surface area contributed by atoms with Crippen molar-refractivity contribution in [3.63, 3.8) is 0 Å². The lowest BCUT2D eigenvalue weighted by Gasteiger charge is -2.33. The zero-order valence-corrected chi connectivity index (χ0v) is 22.9. The second kappa shape index (κ2) is 9.33. The summed E-state index contributed by atoms with van der Waals surface area (Å²) in [5.74, 6) is 0.258. The van der Waals surface area contributed by atoms with Gasteiger partial charge in [0.1, 0.15) is 22.3 Å². The van der Waals surface area contributed by atoms with Gasteiger partial charge >= 0.3 is 0 Å². The largest absolute Gasteiger partial charge is 0.340 e. The Hall–Kier alpha value is -3.55. The zero-order valence-electron chi connectivity index (χ0n) is 21.3. The summed E-state index contributed by atoms with van der Waals surface area (Å²) in [7, 11) is 0. The van der Waals surface area contributed by atoms with Crippen molar-refractivity contribution < 1.29 is 9.18 Å². The van der Waals surface area contributed by atoms with Gasteiger partial charge in [-0.15, -0.1) is 11.3 Å². The summed E-state index contributed by atoms with van der Waals surface area (Å²) in [4.78, 5) is 30.1. The number of aryl methyl sites for hydroxylation is 2. The highest BCUT2D eigenvalue weighted by atomic mass is 35.5. The minimum absolute atomic E-state index is 0.158. The maximum Gasteiger partial charge on any atom is 0.274 e. The highest BCUT2D eigenvalue weighted by Crippen LogP contribution is 2.42. The lowest BCUT2D eigenvalue weighted by Crippen LogP contribution is -2.44. The van der Waals surface area contributed by atoms with E-state index in [4.69, 9.17) is 21.6 Å². The number of H-pyrrole nitrogens is 1. The maximum absolute atomic E-state index is 14.3. The first-order chi connectivity index (χ1) is 18.2. The molecule has 0 aliphatic carbocycles. The molecule has 0 saturated carbocycles. The summed E-state index contributed by atoms with van der Waals surface area (Å²) in [5.41, 5.74) is 5.19. The van der Waals surface area contributed by atoms with Crippen LogP contribution in [0.5, 0.6) is 0 Å². The molecule has 2 aromatic heterocycles. The van der Waals surface area contributed by atoms with Gasteiger partial charge in [-0.05, 0) is 75.1 Å². The van der Waals surface area contributed by atoms with E-state index in [0.717, 1.165) is 61.8 Å². The Kier molecular flexibility index (Phi) is 6.08. The van der Waals surface area contributed by atoms with E-state index in [2.05, 4.69) is 18.0 Å². The fourth-order valence-electron chi connectivity index (χ4n) is 5.27. The number of aromatic nitrogens is 3. The van der Waals surface area contributed by atoms with E-state index in [1.807, 2.05) is 49.1 Å². The standard InChI is InChI=1S/C30H26ClFN4OS/c1-17-6-4-7-20(16-17)27-34-25(26(38-27)19-8-10-21(32)11-9-19)28(37)36-15-5-14-30(36,3)29-33-23-13-12-22(31)18(2)24(23)35-29/h4,6-13,16H,5,14-15H2,1-3H3,(H,33,35)/t30-/m0/s1. The molecule has 1 atom stereocenters. The van der Waals surface area contributed by atoms with Crippen LogP contribution in [-0.2, 0) is 5.54 Å². The molecule has 1 amide bonds. The quantitative estimate of drug-likeness (QED) is 0.250. The van der Waals surface area contributed by atoms with E-state index in [0.29, 0.717) is 17.3 Å².